The summed E-state index contributed by atoms with van der Waals surface area (Å²) in [6.07, 6.45) is 13.7. The fourth-order valence-corrected chi connectivity index (χ4v) is 5.35. The Morgan fingerprint density at radius 1 is 1.00 bits per heavy atom. The van der Waals surface area contributed by atoms with Gasteiger partial charge in [0.15, 0.2) is 0 Å². The molecule has 4 heteroatoms. The van der Waals surface area contributed by atoms with Crippen LogP contribution in [0.3, 0.4) is 0 Å². The van der Waals surface area contributed by atoms with Crippen molar-refractivity contribution in [2.45, 2.75) is 64.1 Å². The van der Waals surface area contributed by atoms with Gasteiger partial charge in [0.05, 0.1) is 7.11 Å². The second-order valence-electron chi connectivity index (χ2n) is 9.18. The van der Waals surface area contributed by atoms with Crippen LogP contribution in [0, 0.1) is 5.92 Å². The maximum absolute atomic E-state index is 5.45. The van der Waals surface area contributed by atoms with Gasteiger partial charge in [-0.1, -0.05) is 37.5 Å². The number of pyridine rings is 1. The average molecular weight is 408 g/mol. The van der Waals surface area contributed by atoms with Gasteiger partial charge in [0.1, 0.15) is 5.75 Å². The third-order valence-electron chi connectivity index (χ3n) is 6.83. The van der Waals surface area contributed by atoms with Gasteiger partial charge in [-0.3, -0.25) is 9.88 Å². The molecule has 1 aromatic carbocycles. The highest BCUT2D eigenvalue weighted by molar-refractivity contribution is 5.28. The largest absolute Gasteiger partial charge is 0.497 e. The molecular formula is C26H37N3O. The number of hydrogen-bond acceptors (Lipinski definition) is 4. The lowest BCUT2D eigenvalue weighted by Gasteiger charge is -2.41. The molecule has 0 amide bonds. The molecular weight excluding hydrogens is 370 g/mol. The number of hydrogen-bond donors (Lipinski definition) is 0. The summed E-state index contributed by atoms with van der Waals surface area (Å²) < 4.78 is 5.45. The normalized spacial score (nSPS) is 21.1. The van der Waals surface area contributed by atoms with Crippen molar-refractivity contribution in [3.63, 3.8) is 0 Å². The zero-order valence-electron chi connectivity index (χ0n) is 18.5. The first kappa shape index (κ1) is 21.3. The van der Waals surface area contributed by atoms with E-state index in [1.807, 2.05) is 24.5 Å². The Labute approximate surface area is 182 Å². The highest BCUT2D eigenvalue weighted by Crippen LogP contribution is 2.28. The molecule has 2 aromatic rings. The molecule has 0 unspecified atom stereocenters. The average Bonchev–Trinajstić information content (AvgIpc) is 2.80. The highest BCUT2D eigenvalue weighted by atomic mass is 16.5. The van der Waals surface area contributed by atoms with E-state index in [1.165, 1.54) is 69.2 Å². The van der Waals surface area contributed by atoms with Crippen molar-refractivity contribution >= 4 is 0 Å². The minimum atomic E-state index is 0.753. The van der Waals surface area contributed by atoms with Gasteiger partial charge in [-0.25, -0.2) is 0 Å². The minimum Gasteiger partial charge on any atom is -0.497 e. The number of methoxy groups -OCH3 is 1. The Kier molecular flexibility index (Phi) is 7.76. The number of aromatic nitrogens is 1. The highest BCUT2D eigenvalue weighted by Gasteiger charge is 2.28. The summed E-state index contributed by atoms with van der Waals surface area (Å²) in [4.78, 5) is 9.77. The Bertz CT molecular complexity index is 760. The summed E-state index contributed by atoms with van der Waals surface area (Å²) in [6, 6.07) is 13.6. The van der Waals surface area contributed by atoms with Crippen LogP contribution in [-0.4, -0.2) is 47.6 Å². The van der Waals surface area contributed by atoms with E-state index in [1.54, 1.807) is 7.11 Å². The summed E-state index contributed by atoms with van der Waals surface area (Å²) >= 11 is 0. The van der Waals surface area contributed by atoms with Gasteiger partial charge in [-0.05, 0) is 67.5 Å². The summed E-state index contributed by atoms with van der Waals surface area (Å²) in [5, 5.41) is 0. The molecule has 1 aromatic heterocycles. The van der Waals surface area contributed by atoms with E-state index in [9.17, 15) is 0 Å². The van der Waals surface area contributed by atoms with Crippen LogP contribution in [0.4, 0.5) is 0 Å². The van der Waals surface area contributed by atoms with Gasteiger partial charge < -0.3 is 9.64 Å². The van der Waals surface area contributed by atoms with Crippen LogP contribution >= 0.6 is 0 Å². The molecule has 30 heavy (non-hydrogen) atoms. The number of ether oxygens (including phenoxy) is 1. The third-order valence-corrected chi connectivity index (χ3v) is 6.83. The fourth-order valence-electron chi connectivity index (χ4n) is 5.35. The van der Waals surface area contributed by atoms with Crippen LogP contribution in [0.5, 0.6) is 5.75 Å². The van der Waals surface area contributed by atoms with E-state index in [0.29, 0.717) is 0 Å². The van der Waals surface area contributed by atoms with Crippen molar-refractivity contribution in [1.29, 1.82) is 0 Å². The molecule has 1 aliphatic heterocycles. The summed E-state index contributed by atoms with van der Waals surface area (Å²) in [5.41, 5.74) is 2.61. The molecule has 2 heterocycles. The second-order valence-corrected chi connectivity index (χ2v) is 9.18. The molecule has 0 bridgehead atoms. The predicted octanol–water partition coefficient (Wildman–Crippen LogP) is 5.14. The van der Waals surface area contributed by atoms with Crippen LogP contribution in [0.25, 0.3) is 0 Å². The molecule has 0 N–H and O–H groups in total. The van der Waals surface area contributed by atoms with Crippen molar-refractivity contribution < 1.29 is 4.74 Å². The quantitative estimate of drug-likeness (QED) is 0.606. The van der Waals surface area contributed by atoms with E-state index < -0.39 is 0 Å². The maximum Gasteiger partial charge on any atom is 0.119 e. The first-order valence-electron chi connectivity index (χ1n) is 11.8. The lowest BCUT2D eigenvalue weighted by atomic mass is 9.90. The first-order valence-corrected chi connectivity index (χ1v) is 11.8. The van der Waals surface area contributed by atoms with Crippen molar-refractivity contribution in [3.05, 3.63) is 59.9 Å². The Balaban J connectivity index is 1.43. The van der Waals surface area contributed by atoms with E-state index in [2.05, 4.69) is 39.0 Å². The summed E-state index contributed by atoms with van der Waals surface area (Å²) in [5.74, 6) is 1.69. The van der Waals surface area contributed by atoms with Crippen LogP contribution in [0.1, 0.15) is 56.1 Å². The van der Waals surface area contributed by atoms with Crippen LogP contribution in [0.15, 0.2) is 48.8 Å². The molecule has 4 nitrogen and oxygen atoms in total. The SMILES string of the molecule is COc1cccc(CN(Cc2cccnc2)C[C@@H]2CCCN(C3CCCCC3)C2)c1. The summed E-state index contributed by atoms with van der Waals surface area (Å²) in [6.45, 7) is 5.62. The number of piperidine rings is 1. The maximum atomic E-state index is 5.45. The number of nitrogens with zero attached hydrogens (tertiary/aromatic N) is 3. The molecule has 2 aliphatic rings. The van der Waals surface area contributed by atoms with E-state index in [0.717, 1.165) is 37.3 Å². The zero-order chi connectivity index (χ0) is 20.6. The van der Waals surface area contributed by atoms with Gasteiger partial charge in [0, 0.05) is 44.6 Å². The van der Waals surface area contributed by atoms with Crippen molar-refractivity contribution in [3.8, 4) is 5.75 Å². The van der Waals surface area contributed by atoms with E-state index in [-0.39, 0.29) is 0 Å². The standard InChI is InChI=1S/C26H37N3O/c1-30-26-13-5-8-22(16-26)18-28(19-23-9-6-14-27-17-23)20-24-10-7-15-29(21-24)25-11-3-2-4-12-25/h5-6,8-9,13-14,16-17,24-25H,2-4,7,10-12,15,18-21H2,1H3/t24-/m0/s1. The smallest absolute Gasteiger partial charge is 0.119 e. The number of likely N-dealkylation sites (tertiary alicyclic amines) is 1. The van der Waals surface area contributed by atoms with Crippen LogP contribution in [-0.2, 0) is 13.1 Å². The Morgan fingerprint density at radius 3 is 2.63 bits per heavy atom. The summed E-state index contributed by atoms with van der Waals surface area (Å²) in [7, 11) is 1.74. The zero-order valence-corrected chi connectivity index (χ0v) is 18.5. The molecule has 1 atom stereocenters. The van der Waals surface area contributed by atoms with E-state index in [4.69, 9.17) is 4.74 Å². The third kappa shape index (κ3) is 6.05. The predicted molar refractivity (Wildman–Crippen MR) is 123 cm³/mol. The molecule has 2 fully saturated rings. The van der Waals surface area contributed by atoms with Gasteiger partial charge in [0.25, 0.3) is 0 Å². The second kappa shape index (κ2) is 10.9. The number of rotatable bonds is 8. The lowest BCUT2D eigenvalue weighted by Crippen LogP contribution is -2.46. The van der Waals surface area contributed by atoms with Crippen molar-refractivity contribution in [2.75, 3.05) is 26.7 Å². The fraction of sp³-hybridized carbons (Fsp3) is 0.577. The van der Waals surface area contributed by atoms with Crippen molar-refractivity contribution in [1.82, 2.24) is 14.8 Å². The van der Waals surface area contributed by atoms with Crippen LogP contribution in [0.2, 0.25) is 0 Å². The molecule has 1 saturated carbocycles. The molecule has 0 spiro atoms. The monoisotopic (exact) mass is 407 g/mol. The molecule has 162 valence electrons. The van der Waals surface area contributed by atoms with Gasteiger partial charge in [-0.2, -0.15) is 0 Å². The lowest BCUT2D eigenvalue weighted by molar-refractivity contribution is 0.0771. The minimum absolute atomic E-state index is 0.753. The topological polar surface area (TPSA) is 28.6 Å². The molecule has 4 rings (SSSR count). The number of benzene rings is 1. The Morgan fingerprint density at radius 2 is 1.83 bits per heavy atom. The van der Waals surface area contributed by atoms with Crippen LogP contribution < -0.4 is 4.74 Å². The van der Waals surface area contributed by atoms with Gasteiger partial charge >= 0.3 is 0 Å². The van der Waals surface area contributed by atoms with Crippen molar-refractivity contribution in [2.24, 2.45) is 5.92 Å². The molecule has 1 saturated heterocycles. The first-order chi connectivity index (χ1) is 14.8. The molecule has 0 radical (unpaired) electrons. The molecule has 1 aliphatic carbocycles. The van der Waals surface area contributed by atoms with Gasteiger partial charge in [-0.15, -0.1) is 0 Å². The Hall–Kier alpha value is -1.91. The van der Waals surface area contributed by atoms with E-state index >= 15 is 0 Å². The van der Waals surface area contributed by atoms with Gasteiger partial charge in [0.2, 0.25) is 0 Å².